The minimum atomic E-state index is -0.465. The zero-order chi connectivity index (χ0) is 16.4. The third-order valence-electron chi connectivity index (χ3n) is 3.30. The summed E-state index contributed by atoms with van der Waals surface area (Å²) in [5.74, 6) is -0.901. The standard InChI is InChI=1S/C15H13FN4O2S/c1-23-15-19-8(5-12(21)20-15)6-18-14(22)9-7-17-11-4-2-3-10(16)13(9)11/h2-5,7,17H,6H2,1H3,(H,18,22)(H,19,20,21). The van der Waals surface area contributed by atoms with E-state index in [1.165, 1.54) is 30.1 Å². The summed E-state index contributed by atoms with van der Waals surface area (Å²) in [5, 5.41) is 3.37. The Balaban J connectivity index is 1.82. The topological polar surface area (TPSA) is 90.6 Å². The first-order chi connectivity index (χ1) is 11.1. The van der Waals surface area contributed by atoms with Crippen LogP contribution in [0.15, 0.2) is 40.4 Å². The minimum Gasteiger partial charge on any atom is -0.360 e. The molecule has 3 N–H and O–H groups in total. The van der Waals surface area contributed by atoms with E-state index >= 15 is 0 Å². The van der Waals surface area contributed by atoms with Crippen LogP contribution < -0.4 is 10.9 Å². The van der Waals surface area contributed by atoms with Gasteiger partial charge in [-0.3, -0.25) is 9.59 Å². The normalized spacial score (nSPS) is 10.9. The number of benzene rings is 1. The lowest BCUT2D eigenvalue weighted by Crippen LogP contribution is -2.24. The van der Waals surface area contributed by atoms with Crippen molar-refractivity contribution in [3.63, 3.8) is 0 Å². The molecule has 0 saturated heterocycles. The van der Waals surface area contributed by atoms with Gasteiger partial charge in [-0.05, 0) is 18.4 Å². The molecule has 2 heterocycles. The number of nitrogens with zero attached hydrogens (tertiary/aromatic N) is 1. The molecule has 0 fully saturated rings. The minimum absolute atomic E-state index is 0.0808. The highest BCUT2D eigenvalue weighted by molar-refractivity contribution is 7.98. The molecule has 0 spiro atoms. The molecule has 8 heteroatoms. The quantitative estimate of drug-likeness (QED) is 0.504. The maximum Gasteiger partial charge on any atom is 0.253 e. The Kier molecular flexibility index (Phi) is 4.16. The second-order valence-corrected chi connectivity index (χ2v) is 5.59. The Morgan fingerprint density at radius 3 is 3.04 bits per heavy atom. The number of carbonyl (C=O) groups is 1. The van der Waals surface area contributed by atoms with Crippen molar-refractivity contribution in [2.75, 3.05) is 6.26 Å². The summed E-state index contributed by atoms with van der Waals surface area (Å²) in [4.78, 5) is 33.4. The molecule has 118 valence electrons. The Labute approximate surface area is 134 Å². The molecule has 0 radical (unpaired) electrons. The fraction of sp³-hybridized carbons (Fsp3) is 0.133. The Hall–Kier alpha value is -2.61. The van der Waals surface area contributed by atoms with Gasteiger partial charge < -0.3 is 15.3 Å². The summed E-state index contributed by atoms with van der Waals surface area (Å²) in [7, 11) is 0. The van der Waals surface area contributed by atoms with Crippen LogP contribution in [0.1, 0.15) is 16.1 Å². The van der Waals surface area contributed by atoms with Crippen molar-refractivity contribution in [1.29, 1.82) is 0 Å². The molecule has 0 aliphatic heterocycles. The third kappa shape index (κ3) is 3.11. The van der Waals surface area contributed by atoms with E-state index in [-0.39, 0.29) is 23.1 Å². The Bertz CT molecular complexity index is 935. The number of fused-ring (bicyclic) bond motifs is 1. The number of amides is 1. The number of rotatable bonds is 4. The van der Waals surface area contributed by atoms with E-state index in [1.54, 1.807) is 18.4 Å². The van der Waals surface area contributed by atoms with Crippen LogP contribution in [0.5, 0.6) is 0 Å². The van der Waals surface area contributed by atoms with Gasteiger partial charge in [-0.15, -0.1) is 0 Å². The SMILES string of the molecule is CSc1nc(CNC(=O)c2c[nH]c3cccc(F)c23)cc(=O)[nH]1. The monoisotopic (exact) mass is 332 g/mol. The van der Waals surface area contributed by atoms with Crippen LogP contribution in [-0.4, -0.2) is 27.1 Å². The molecule has 0 unspecified atom stereocenters. The largest absolute Gasteiger partial charge is 0.360 e. The molecule has 0 aliphatic rings. The van der Waals surface area contributed by atoms with Gasteiger partial charge in [-0.1, -0.05) is 17.8 Å². The molecule has 0 bridgehead atoms. The maximum absolute atomic E-state index is 13.9. The molecular formula is C15H13FN4O2S. The van der Waals surface area contributed by atoms with E-state index < -0.39 is 11.7 Å². The number of hydrogen-bond donors (Lipinski definition) is 3. The molecule has 23 heavy (non-hydrogen) atoms. The summed E-state index contributed by atoms with van der Waals surface area (Å²) in [5.41, 5.74) is 0.917. The first-order valence-electron chi connectivity index (χ1n) is 6.76. The van der Waals surface area contributed by atoms with E-state index in [1.807, 2.05) is 0 Å². The second kappa shape index (κ2) is 6.25. The summed E-state index contributed by atoms with van der Waals surface area (Å²) < 4.78 is 13.9. The summed E-state index contributed by atoms with van der Waals surface area (Å²) >= 11 is 1.30. The lowest BCUT2D eigenvalue weighted by atomic mass is 10.1. The average Bonchev–Trinajstić information content (AvgIpc) is 2.97. The first-order valence-corrected chi connectivity index (χ1v) is 7.99. The smallest absolute Gasteiger partial charge is 0.253 e. The van der Waals surface area contributed by atoms with E-state index in [0.717, 1.165) is 0 Å². The highest BCUT2D eigenvalue weighted by atomic mass is 32.2. The summed E-state index contributed by atoms with van der Waals surface area (Å²) in [6.45, 7) is 0.0808. The van der Waals surface area contributed by atoms with Crippen LogP contribution in [-0.2, 0) is 6.54 Å². The van der Waals surface area contributed by atoms with Crippen molar-refractivity contribution in [2.24, 2.45) is 0 Å². The van der Waals surface area contributed by atoms with E-state index in [9.17, 15) is 14.0 Å². The number of aromatic amines is 2. The van der Waals surface area contributed by atoms with E-state index in [2.05, 4.69) is 20.3 Å². The Morgan fingerprint density at radius 1 is 1.43 bits per heavy atom. The van der Waals surface area contributed by atoms with Gasteiger partial charge in [0.05, 0.1) is 17.8 Å². The van der Waals surface area contributed by atoms with Crippen LogP contribution in [0, 0.1) is 5.82 Å². The molecule has 1 amide bonds. The van der Waals surface area contributed by atoms with Crippen LogP contribution in [0.3, 0.4) is 0 Å². The van der Waals surface area contributed by atoms with Gasteiger partial charge in [-0.2, -0.15) is 0 Å². The van der Waals surface area contributed by atoms with Gasteiger partial charge in [0.15, 0.2) is 5.16 Å². The molecule has 3 aromatic rings. The number of H-pyrrole nitrogens is 2. The van der Waals surface area contributed by atoms with Gasteiger partial charge in [0.25, 0.3) is 11.5 Å². The van der Waals surface area contributed by atoms with Gasteiger partial charge in [-0.25, -0.2) is 9.37 Å². The predicted octanol–water partition coefficient (Wildman–Crippen LogP) is 2.04. The molecule has 0 atom stereocenters. The van der Waals surface area contributed by atoms with Crippen LogP contribution in [0.25, 0.3) is 10.9 Å². The van der Waals surface area contributed by atoms with Crippen molar-refractivity contribution < 1.29 is 9.18 Å². The number of carbonyl (C=O) groups excluding carboxylic acids is 1. The molecule has 3 rings (SSSR count). The van der Waals surface area contributed by atoms with Crippen molar-refractivity contribution in [3.05, 3.63) is 57.9 Å². The molecular weight excluding hydrogens is 319 g/mol. The zero-order valence-corrected chi connectivity index (χ0v) is 13.0. The zero-order valence-electron chi connectivity index (χ0n) is 12.1. The van der Waals surface area contributed by atoms with Crippen LogP contribution in [0.4, 0.5) is 4.39 Å². The number of hydrogen-bond acceptors (Lipinski definition) is 4. The maximum atomic E-state index is 13.9. The van der Waals surface area contributed by atoms with Crippen LogP contribution >= 0.6 is 11.8 Å². The molecule has 0 aliphatic carbocycles. The second-order valence-electron chi connectivity index (χ2n) is 4.79. The van der Waals surface area contributed by atoms with Crippen molar-refractivity contribution in [1.82, 2.24) is 20.3 Å². The van der Waals surface area contributed by atoms with E-state index in [0.29, 0.717) is 16.4 Å². The Morgan fingerprint density at radius 2 is 2.26 bits per heavy atom. The fourth-order valence-electron chi connectivity index (χ4n) is 2.26. The van der Waals surface area contributed by atoms with Crippen molar-refractivity contribution in [3.8, 4) is 0 Å². The van der Waals surface area contributed by atoms with Crippen LogP contribution in [0.2, 0.25) is 0 Å². The molecule has 0 saturated carbocycles. The number of aromatic nitrogens is 3. The third-order valence-corrected chi connectivity index (χ3v) is 3.88. The van der Waals surface area contributed by atoms with Gasteiger partial charge in [0.1, 0.15) is 5.82 Å². The van der Waals surface area contributed by atoms with Crippen molar-refractivity contribution in [2.45, 2.75) is 11.7 Å². The average molecular weight is 332 g/mol. The molecule has 6 nitrogen and oxygen atoms in total. The summed E-state index contributed by atoms with van der Waals surface area (Å²) in [6.07, 6.45) is 3.25. The number of halogens is 1. The van der Waals surface area contributed by atoms with Gasteiger partial charge in [0.2, 0.25) is 0 Å². The highest BCUT2D eigenvalue weighted by Crippen LogP contribution is 2.21. The summed E-state index contributed by atoms with van der Waals surface area (Å²) in [6, 6.07) is 5.88. The lowest BCUT2D eigenvalue weighted by molar-refractivity contribution is 0.0951. The van der Waals surface area contributed by atoms with E-state index in [4.69, 9.17) is 0 Å². The lowest BCUT2D eigenvalue weighted by Gasteiger charge is -2.05. The number of nitrogens with one attached hydrogen (secondary N) is 3. The molecule has 1 aromatic carbocycles. The number of thioether (sulfide) groups is 1. The highest BCUT2D eigenvalue weighted by Gasteiger charge is 2.15. The predicted molar refractivity (Wildman–Crippen MR) is 86.1 cm³/mol. The van der Waals surface area contributed by atoms with Gasteiger partial charge in [0, 0.05) is 23.2 Å². The van der Waals surface area contributed by atoms with Crippen molar-refractivity contribution >= 4 is 28.6 Å². The first kappa shape index (κ1) is 15.3. The molecule has 2 aromatic heterocycles. The fourth-order valence-corrected chi connectivity index (χ4v) is 2.67. The van der Waals surface area contributed by atoms with Gasteiger partial charge >= 0.3 is 0 Å².